The molecule has 0 unspecified atom stereocenters. The Morgan fingerprint density at radius 3 is 2.59 bits per heavy atom. The van der Waals surface area contributed by atoms with Crippen LogP contribution in [0, 0.1) is 6.92 Å². The van der Waals surface area contributed by atoms with E-state index in [0.717, 1.165) is 0 Å². The lowest BCUT2D eigenvalue weighted by molar-refractivity contribution is 0.654. The standard InChI is InChI=1S/C17H20/c1-5-6-7-8-15-12-14-10-9-13(2)11-16(14)17(15,3)4/h5-12H,1-4H3/b6-5-,8-7-. The summed E-state index contributed by atoms with van der Waals surface area (Å²) in [5.41, 5.74) is 5.65. The second kappa shape index (κ2) is 4.37. The molecule has 1 aliphatic rings. The van der Waals surface area contributed by atoms with Crippen LogP contribution in [0.4, 0.5) is 0 Å². The van der Waals surface area contributed by atoms with E-state index in [1.165, 1.54) is 22.3 Å². The van der Waals surface area contributed by atoms with Gasteiger partial charge in [0.25, 0.3) is 0 Å². The highest BCUT2D eigenvalue weighted by Crippen LogP contribution is 2.42. The van der Waals surface area contributed by atoms with Crippen molar-refractivity contribution in [2.24, 2.45) is 0 Å². The summed E-state index contributed by atoms with van der Waals surface area (Å²) in [6, 6.07) is 6.72. The Bertz CT molecular complexity index is 511. The van der Waals surface area contributed by atoms with Gasteiger partial charge in [0.2, 0.25) is 0 Å². The van der Waals surface area contributed by atoms with Crippen molar-refractivity contribution in [2.45, 2.75) is 33.1 Å². The Balaban J connectivity index is 2.42. The summed E-state index contributed by atoms with van der Waals surface area (Å²) in [4.78, 5) is 0. The fourth-order valence-electron chi connectivity index (χ4n) is 2.37. The molecule has 0 saturated carbocycles. The molecule has 0 aromatic heterocycles. The SMILES string of the molecule is C/C=C\C=C/C1=Cc2ccc(C)cc2C1(C)C. The van der Waals surface area contributed by atoms with Crippen LogP contribution in [0.2, 0.25) is 0 Å². The normalized spacial score (nSPS) is 17.8. The number of rotatable bonds is 2. The topological polar surface area (TPSA) is 0 Å². The molecule has 0 bridgehead atoms. The third-order valence-electron chi connectivity index (χ3n) is 3.49. The molecule has 0 radical (unpaired) electrons. The van der Waals surface area contributed by atoms with Gasteiger partial charge in [0.05, 0.1) is 0 Å². The molecule has 0 saturated heterocycles. The zero-order chi connectivity index (χ0) is 12.5. The fourth-order valence-corrected chi connectivity index (χ4v) is 2.37. The van der Waals surface area contributed by atoms with Crippen LogP contribution in [-0.2, 0) is 5.41 Å². The summed E-state index contributed by atoms with van der Waals surface area (Å²) in [6.45, 7) is 8.79. The second-order valence-corrected chi connectivity index (χ2v) is 5.20. The maximum atomic E-state index is 2.31. The highest BCUT2D eigenvalue weighted by atomic mass is 14.3. The van der Waals surface area contributed by atoms with E-state index in [1.807, 2.05) is 6.92 Å². The van der Waals surface area contributed by atoms with Crippen molar-refractivity contribution in [1.82, 2.24) is 0 Å². The predicted molar refractivity (Wildman–Crippen MR) is 76.1 cm³/mol. The van der Waals surface area contributed by atoms with E-state index >= 15 is 0 Å². The number of benzene rings is 1. The molecule has 0 fully saturated rings. The van der Waals surface area contributed by atoms with Crippen LogP contribution in [0.1, 0.15) is 37.5 Å². The van der Waals surface area contributed by atoms with Gasteiger partial charge in [-0.15, -0.1) is 0 Å². The molecule has 1 aromatic rings. The van der Waals surface area contributed by atoms with E-state index in [-0.39, 0.29) is 5.41 Å². The van der Waals surface area contributed by atoms with E-state index in [4.69, 9.17) is 0 Å². The molecule has 0 atom stereocenters. The average molecular weight is 224 g/mol. The zero-order valence-corrected chi connectivity index (χ0v) is 11.1. The van der Waals surface area contributed by atoms with Gasteiger partial charge in [0.15, 0.2) is 0 Å². The van der Waals surface area contributed by atoms with Gasteiger partial charge in [-0.2, -0.15) is 0 Å². The number of hydrogen-bond acceptors (Lipinski definition) is 0. The minimum atomic E-state index is 0.124. The quantitative estimate of drug-likeness (QED) is 0.633. The molecule has 0 heterocycles. The molecule has 0 heteroatoms. The lowest BCUT2D eigenvalue weighted by Gasteiger charge is -2.23. The van der Waals surface area contributed by atoms with Gasteiger partial charge in [-0.25, -0.2) is 0 Å². The lowest BCUT2D eigenvalue weighted by atomic mass is 9.80. The molecule has 1 aliphatic carbocycles. The second-order valence-electron chi connectivity index (χ2n) is 5.20. The van der Waals surface area contributed by atoms with E-state index < -0.39 is 0 Å². The third-order valence-corrected chi connectivity index (χ3v) is 3.49. The Labute approximate surface area is 104 Å². The Hall–Kier alpha value is -1.56. The van der Waals surface area contributed by atoms with E-state index in [9.17, 15) is 0 Å². The average Bonchev–Trinajstić information content (AvgIpc) is 2.52. The first-order valence-electron chi connectivity index (χ1n) is 6.18. The maximum Gasteiger partial charge on any atom is 0.0152 e. The van der Waals surface area contributed by atoms with Crippen molar-refractivity contribution in [3.8, 4) is 0 Å². The number of aryl methyl sites for hydroxylation is 1. The van der Waals surface area contributed by atoms with Crippen LogP contribution in [0.3, 0.4) is 0 Å². The van der Waals surface area contributed by atoms with E-state index in [2.05, 4.69) is 69.4 Å². The molecule has 0 N–H and O–H groups in total. The monoisotopic (exact) mass is 224 g/mol. The van der Waals surface area contributed by atoms with E-state index in [1.54, 1.807) is 0 Å². The number of fused-ring (bicyclic) bond motifs is 1. The van der Waals surface area contributed by atoms with Crippen molar-refractivity contribution in [2.75, 3.05) is 0 Å². The van der Waals surface area contributed by atoms with E-state index in [0.29, 0.717) is 0 Å². The van der Waals surface area contributed by atoms with Crippen LogP contribution in [0.25, 0.3) is 6.08 Å². The molecule has 0 nitrogen and oxygen atoms in total. The van der Waals surface area contributed by atoms with Gasteiger partial charge < -0.3 is 0 Å². The summed E-state index contributed by atoms with van der Waals surface area (Å²) in [6.07, 6.45) is 10.8. The highest BCUT2D eigenvalue weighted by Gasteiger charge is 2.31. The molecule has 88 valence electrons. The zero-order valence-electron chi connectivity index (χ0n) is 11.1. The molecule has 0 spiro atoms. The molecular weight excluding hydrogens is 204 g/mol. The Morgan fingerprint density at radius 2 is 1.88 bits per heavy atom. The minimum absolute atomic E-state index is 0.124. The number of allylic oxidation sites excluding steroid dienone is 5. The molecule has 1 aromatic carbocycles. The van der Waals surface area contributed by atoms with Crippen molar-refractivity contribution in [1.29, 1.82) is 0 Å². The van der Waals surface area contributed by atoms with Crippen LogP contribution >= 0.6 is 0 Å². The predicted octanol–water partition coefficient (Wildman–Crippen LogP) is 4.80. The van der Waals surface area contributed by atoms with Crippen LogP contribution in [0.5, 0.6) is 0 Å². The van der Waals surface area contributed by atoms with Gasteiger partial charge in [0.1, 0.15) is 0 Å². The fraction of sp³-hybridized carbons (Fsp3) is 0.294. The Morgan fingerprint density at radius 1 is 1.12 bits per heavy atom. The summed E-state index contributed by atoms with van der Waals surface area (Å²) in [7, 11) is 0. The van der Waals surface area contributed by atoms with Gasteiger partial charge in [-0.3, -0.25) is 0 Å². The Kier molecular flexibility index (Phi) is 3.06. The first-order chi connectivity index (χ1) is 8.05. The van der Waals surface area contributed by atoms with Crippen molar-refractivity contribution < 1.29 is 0 Å². The van der Waals surface area contributed by atoms with Crippen molar-refractivity contribution >= 4 is 6.08 Å². The highest BCUT2D eigenvalue weighted by molar-refractivity contribution is 5.72. The van der Waals surface area contributed by atoms with Gasteiger partial charge >= 0.3 is 0 Å². The number of hydrogen-bond donors (Lipinski definition) is 0. The van der Waals surface area contributed by atoms with Gasteiger partial charge in [-0.05, 0) is 30.5 Å². The maximum absolute atomic E-state index is 2.31. The van der Waals surface area contributed by atoms with Gasteiger partial charge in [0, 0.05) is 5.41 Å². The minimum Gasteiger partial charge on any atom is -0.0877 e. The van der Waals surface area contributed by atoms with Crippen LogP contribution in [0.15, 0.2) is 48.1 Å². The molecule has 0 aliphatic heterocycles. The summed E-state index contributed by atoms with van der Waals surface area (Å²) >= 11 is 0. The van der Waals surface area contributed by atoms with Crippen LogP contribution < -0.4 is 0 Å². The summed E-state index contributed by atoms with van der Waals surface area (Å²) in [5, 5.41) is 0. The van der Waals surface area contributed by atoms with Gasteiger partial charge in [-0.1, -0.05) is 68.0 Å². The van der Waals surface area contributed by atoms with Crippen molar-refractivity contribution in [3.05, 3.63) is 64.8 Å². The molecule has 17 heavy (non-hydrogen) atoms. The van der Waals surface area contributed by atoms with Crippen LogP contribution in [-0.4, -0.2) is 0 Å². The molecular formula is C17H20. The lowest BCUT2D eigenvalue weighted by Crippen LogP contribution is -2.16. The summed E-state index contributed by atoms with van der Waals surface area (Å²) < 4.78 is 0. The first kappa shape index (κ1) is 11.9. The molecule has 0 amide bonds. The smallest absolute Gasteiger partial charge is 0.0152 e. The third kappa shape index (κ3) is 2.12. The largest absolute Gasteiger partial charge is 0.0877 e. The van der Waals surface area contributed by atoms with Crippen molar-refractivity contribution in [3.63, 3.8) is 0 Å². The first-order valence-corrected chi connectivity index (χ1v) is 6.18. The molecule has 2 rings (SSSR count). The summed E-state index contributed by atoms with van der Waals surface area (Å²) in [5.74, 6) is 0.